The maximum Gasteiger partial charge on any atom is 0.302 e. The molecule has 0 aromatic rings. The summed E-state index contributed by atoms with van der Waals surface area (Å²) in [6.07, 6.45) is -22.6. The number of carbonyl (C=O) groups excluding carboxylic acids is 1. The largest absolute Gasteiger partial charge is 0.463 e. The lowest BCUT2D eigenvalue weighted by atomic mass is 9.35. The molecule has 29 atom stereocenters. The third-order valence-electron chi connectivity index (χ3n) is 20.8. The highest BCUT2D eigenvalue weighted by Crippen LogP contribution is 2.76. The maximum absolute atomic E-state index is 12.9. The Hall–Kier alpha value is -1.63. The predicted octanol–water partition coefficient (Wildman–Crippen LogP) is -0.993. The Morgan fingerprint density at radius 2 is 1.13 bits per heavy atom. The molecule has 0 unspecified atom stereocenters. The lowest BCUT2D eigenvalue weighted by molar-refractivity contribution is -0.378. The number of hydrogen-bond acceptors (Lipinski definition) is 23. The molecule has 4 aliphatic heterocycles. The van der Waals surface area contributed by atoms with Crippen LogP contribution in [0.15, 0.2) is 11.6 Å². The number of allylic oxidation sites excluding steroid dienone is 2. The molecule has 0 aromatic heterocycles. The number of aliphatic hydroxyl groups is 13. The third-order valence-corrected chi connectivity index (χ3v) is 20.8. The van der Waals surface area contributed by atoms with Gasteiger partial charge in [0.15, 0.2) is 25.2 Å². The first-order chi connectivity index (χ1) is 36.5. The number of hydrogen-bond donors (Lipinski definition) is 13. The molecule has 4 saturated carbocycles. The SMILES string of the molecule is CC(=O)OC[C@H]1O[C@@H](O[C@@H]2CC[C@]3(C)[C@H](CC[C@]4(C)[C@@H]3C[C@@H](O)[C@@H]3[C@@H]([C@](C)(CCC=C(C)C)O[C@@H]5O[C@H](CO[C@H]6O[C@H](CO)[C@@H](O)[C@@H]6O)[C@@H](O)[C@H](O)[C@H]5O)CC[C@]34C)C2(C)C)[C@H](O[C@@H]2O[C@H](CO)[C@@H](O)[C@H](O)[C@H]2O)[C@@H](O)[C@@H]1O. The standard InChI is InChI=1S/C55H92O23/c1-24(2)11-10-15-55(9,78-49-45(69)41(65)38(62)31(74-49)23-71-47-43(67)37(61)29(21-57)72-47)26-12-17-54(8)35(26)27(59)19-33-52(6)16-14-34(51(4,5)32(52)13-18-53(33,54)7)76-50-46(42(66)39(63)30(75-50)22-70-25(3)58)77-48-44(68)40(64)36(60)28(20-56)73-48/h11,26-50,56-57,59-69H,10,12-23H2,1-9H3/t26-,27+,28+,29+,30+,31+,32+,33+,34+,35-,36+,37+,38+,39+,40-,41-,42-,43-,44+,45+,46+,47-,48-,49-,50-,52+,53+,54+,55-/m0/s1. The van der Waals surface area contributed by atoms with Crippen molar-refractivity contribution in [3.63, 3.8) is 0 Å². The molecule has 23 heteroatoms. The second-order valence-electron chi connectivity index (χ2n) is 25.9. The van der Waals surface area contributed by atoms with Gasteiger partial charge in [0.05, 0.1) is 37.6 Å². The van der Waals surface area contributed by atoms with Crippen molar-refractivity contribution in [3.8, 4) is 0 Å². The van der Waals surface area contributed by atoms with Crippen LogP contribution in [0.4, 0.5) is 0 Å². The minimum atomic E-state index is -1.84. The molecule has 450 valence electrons. The van der Waals surface area contributed by atoms with Crippen molar-refractivity contribution in [2.45, 2.75) is 255 Å². The van der Waals surface area contributed by atoms with E-state index in [4.69, 9.17) is 42.6 Å². The van der Waals surface area contributed by atoms with E-state index in [1.807, 2.05) is 20.8 Å². The number of fused-ring (bicyclic) bond motifs is 5. The van der Waals surface area contributed by atoms with Gasteiger partial charge in [-0.05, 0) is 124 Å². The van der Waals surface area contributed by atoms with Crippen LogP contribution in [0.2, 0.25) is 0 Å². The maximum atomic E-state index is 12.9. The topological polar surface area (TPSA) is 363 Å². The van der Waals surface area contributed by atoms with E-state index in [-0.39, 0.29) is 34.5 Å². The number of carbonyl (C=O) groups is 1. The van der Waals surface area contributed by atoms with E-state index in [2.05, 4.69) is 40.7 Å². The van der Waals surface area contributed by atoms with Gasteiger partial charge in [0, 0.05) is 6.92 Å². The first-order valence-electron chi connectivity index (χ1n) is 28.2. The van der Waals surface area contributed by atoms with Gasteiger partial charge in [0.2, 0.25) is 0 Å². The van der Waals surface area contributed by atoms with Crippen LogP contribution in [0.3, 0.4) is 0 Å². The molecule has 13 N–H and O–H groups in total. The number of ether oxygens (including phenoxy) is 9. The molecule has 8 aliphatic rings. The third kappa shape index (κ3) is 11.2. The average molecular weight is 1120 g/mol. The molecular weight excluding hydrogens is 1030 g/mol. The van der Waals surface area contributed by atoms with Crippen LogP contribution in [0.5, 0.6) is 0 Å². The molecule has 4 saturated heterocycles. The summed E-state index contributed by atoms with van der Waals surface area (Å²) >= 11 is 0. The zero-order valence-electron chi connectivity index (χ0n) is 46.6. The van der Waals surface area contributed by atoms with Crippen molar-refractivity contribution in [1.82, 2.24) is 0 Å². The normalized spacial score (nSPS) is 50.9. The Kier molecular flexibility index (Phi) is 19.0. The van der Waals surface area contributed by atoms with Crippen molar-refractivity contribution in [3.05, 3.63) is 11.6 Å². The fourth-order valence-electron chi connectivity index (χ4n) is 16.2. The molecule has 0 bridgehead atoms. The van der Waals surface area contributed by atoms with E-state index in [0.29, 0.717) is 38.5 Å². The molecule has 4 heterocycles. The van der Waals surface area contributed by atoms with Gasteiger partial charge in [-0.15, -0.1) is 0 Å². The van der Waals surface area contributed by atoms with E-state index >= 15 is 0 Å². The van der Waals surface area contributed by atoms with Crippen molar-refractivity contribution in [1.29, 1.82) is 0 Å². The van der Waals surface area contributed by atoms with Crippen LogP contribution in [0, 0.1) is 45.3 Å². The van der Waals surface area contributed by atoms with Crippen LogP contribution < -0.4 is 0 Å². The Morgan fingerprint density at radius 1 is 0.590 bits per heavy atom. The molecular formula is C55H92O23. The summed E-state index contributed by atoms with van der Waals surface area (Å²) in [6, 6.07) is 0. The van der Waals surface area contributed by atoms with E-state index in [0.717, 1.165) is 24.8 Å². The van der Waals surface area contributed by atoms with E-state index in [1.54, 1.807) is 0 Å². The first kappa shape index (κ1) is 62.4. The van der Waals surface area contributed by atoms with Crippen LogP contribution in [0.1, 0.15) is 120 Å². The highest BCUT2D eigenvalue weighted by atomic mass is 16.8. The number of aliphatic hydroxyl groups excluding tert-OH is 13. The highest BCUT2D eigenvalue weighted by Gasteiger charge is 2.72. The molecule has 8 fully saturated rings. The molecule has 0 radical (unpaired) electrons. The lowest BCUT2D eigenvalue weighted by Gasteiger charge is -2.71. The zero-order chi connectivity index (χ0) is 57.4. The second-order valence-corrected chi connectivity index (χ2v) is 25.9. The molecule has 78 heavy (non-hydrogen) atoms. The summed E-state index contributed by atoms with van der Waals surface area (Å²) in [6.45, 7) is 16.2. The minimum absolute atomic E-state index is 0.0260. The Labute approximate surface area is 456 Å². The van der Waals surface area contributed by atoms with E-state index < -0.39 is 178 Å². The average Bonchev–Trinajstić information content (AvgIpc) is 2.91. The molecule has 23 nitrogen and oxygen atoms in total. The van der Waals surface area contributed by atoms with Gasteiger partial charge in [-0.25, -0.2) is 0 Å². The summed E-state index contributed by atoms with van der Waals surface area (Å²) in [4.78, 5) is 11.9. The van der Waals surface area contributed by atoms with Gasteiger partial charge >= 0.3 is 5.97 Å². The Bertz CT molecular complexity index is 2060. The fraction of sp³-hybridized carbons (Fsp3) is 0.945. The lowest BCUT2D eigenvalue weighted by Crippen LogP contribution is -2.68. The van der Waals surface area contributed by atoms with Gasteiger partial charge in [0.1, 0.15) is 98.2 Å². The van der Waals surface area contributed by atoms with E-state index in [1.165, 1.54) is 6.92 Å². The van der Waals surface area contributed by atoms with Crippen LogP contribution in [-0.2, 0) is 47.4 Å². The number of esters is 1. The van der Waals surface area contributed by atoms with Crippen molar-refractivity contribution in [2.75, 3.05) is 26.4 Å². The van der Waals surface area contributed by atoms with E-state index in [9.17, 15) is 71.2 Å². The van der Waals surface area contributed by atoms with Crippen LogP contribution in [-0.4, -0.2) is 233 Å². The molecule has 8 rings (SSSR count). The van der Waals surface area contributed by atoms with Gasteiger partial charge in [-0.3, -0.25) is 4.79 Å². The van der Waals surface area contributed by atoms with Gasteiger partial charge in [0.25, 0.3) is 0 Å². The van der Waals surface area contributed by atoms with Gasteiger partial charge in [-0.2, -0.15) is 0 Å². The molecule has 0 amide bonds. The minimum Gasteiger partial charge on any atom is -0.463 e. The van der Waals surface area contributed by atoms with Crippen molar-refractivity contribution >= 4 is 5.97 Å². The summed E-state index contributed by atoms with van der Waals surface area (Å²) in [5.41, 5.74) is -1.58. The molecule has 4 aliphatic carbocycles. The van der Waals surface area contributed by atoms with Gasteiger partial charge < -0.3 is 109 Å². The second kappa shape index (κ2) is 23.8. The highest BCUT2D eigenvalue weighted by molar-refractivity contribution is 5.65. The number of rotatable bonds is 17. The smallest absolute Gasteiger partial charge is 0.302 e. The summed E-state index contributed by atoms with van der Waals surface area (Å²) in [5, 5.41) is 142. The quantitative estimate of drug-likeness (QED) is 0.0472. The Morgan fingerprint density at radius 3 is 1.76 bits per heavy atom. The van der Waals surface area contributed by atoms with Crippen molar-refractivity contribution < 1.29 is 114 Å². The molecule has 0 aromatic carbocycles. The zero-order valence-corrected chi connectivity index (χ0v) is 46.6. The fourth-order valence-corrected chi connectivity index (χ4v) is 16.2. The predicted molar refractivity (Wildman–Crippen MR) is 270 cm³/mol. The summed E-state index contributed by atoms with van der Waals surface area (Å²) in [5.74, 6) is -1.11. The first-order valence-corrected chi connectivity index (χ1v) is 28.2. The van der Waals surface area contributed by atoms with Crippen LogP contribution in [0.25, 0.3) is 0 Å². The summed E-state index contributed by atoms with van der Waals surface area (Å²) < 4.78 is 54.4. The Balaban J connectivity index is 1.02. The monoisotopic (exact) mass is 1120 g/mol. The molecule has 0 spiro atoms. The van der Waals surface area contributed by atoms with Crippen molar-refractivity contribution in [2.24, 2.45) is 45.3 Å². The van der Waals surface area contributed by atoms with Gasteiger partial charge in [-0.1, -0.05) is 46.3 Å². The van der Waals surface area contributed by atoms with Crippen LogP contribution >= 0.6 is 0 Å². The summed E-state index contributed by atoms with van der Waals surface area (Å²) in [7, 11) is 0.